The van der Waals surface area contributed by atoms with E-state index in [1.165, 1.54) is 0 Å². The van der Waals surface area contributed by atoms with Gasteiger partial charge in [-0.1, -0.05) is 17.7 Å². The van der Waals surface area contributed by atoms with Gasteiger partial charge in [-0.15, -0.1) is 0 Å². The molecule has 1 amide bonds. The summed E-state index contributed by atoms with van der Waals surface area (Å²) in [6, 6.07) is 16.0. The van der Waals surface area contributed by atoms with Crippen LogP contribution in [0.3, 0.4) is 0 Å². The van der Waals surface area contributed by atoms with Gasteiger partial charge >= 0.3 is 0 Å². The topological polar surface area (TPSA) is 68.8 Å². The Morgan fingerprint density at radius 1 is 1.15 bits per heavy atom. The Kier molecular flexibility index (Phi) is 4.33. The summed E-state index contributed by atoms with van der Waals surface area (Å²) < 4.78 is 12.7. The van der Waals surface area contributed by atoms with Crippen molar-refractivity contribution in [3.63, 3.8) is 0 Å². The maximum atomic E-state index is 12.4. The molecule has 4 rings (SSSR count). The molecule has 3 aromatic heterocycles. The largest absolute Gasteiger partial charge is 0.484 e. The van der Waals surface area contributed by atoms with Crippen LogP contribution < -0.4 is 10.1 Å². The number of rotatable bonds is 5. The van der Waals surface area contributed by atoms with E-state index < -0.39 is 0 Å². The lowest BCUT2D eigenvalue weighted by Gasteiger charge is -2.08. The van der Waals surface area contributed by atoms with Gasteiger partial charge in [-0.3, -0.25) is 9.20 Å². The Hall–Kier alpha value is -3.25. The van der Waals surface area contributed by atoms with Crippen molar-refractivity contribution in [1.29, 1.82) is 0 Å². The van der Waals surface area contributed by atoms with Crippen LogP contribution in [0.2, 0.25) is 5.02 Å². The van der Waals surface area contributed by atoms with Gasteiger partial charge in [0, 0.05) is 11.2 Å². The number of amides is 1. The van der Waals surface area contributed by atoms with Crippen molar-refractivity contribution in [2.45, 2.75) is 0 Å². The fourth-order valence-corrected chi connectivity index (χ4v) is 2.67. The average Bonchev–Trinajstić information content (AvgIpc) is 3.30. The van der Waals surface area contributed by atoms with E-state index in [0.717, 1.165) is 0 Å². The molecule has 0 fully saturated rings. The van der Waals surface area contributed by atoms with E-state index in [1.807, 2.05) is 24.4 Å². The molecule has 0 radical (unpaired) electrons. The van der Waals surface area contributed by atoms with E-state index in [2.05, 4.69) is 10.3 Å². The number of carbonyl (C=O) groups is 1. The molecule has 0 aliphatic rings. The Morgan fingerprint density at radius 3 is 2.77 bits per heavy atom. The minimum atomic E-state index is -0.307. The highest BCUT2D eigenvalue weighted by Gasteiger charge is 2.18. The second kappa shape index (κ2) is 6.93. The van der Waals surface area contributed by atoms with Gasteiger partial charge in [0.15, 0.2) is 12.4 Å². The van der Waals surface area contributed by atoms with E-state index >= 15 is 0 Å². The Balaban J connectivity index is 1.57. The summed E-state index contributed by atoms with van der Waals surface area (Å²) in [5, 5.41) is 3.46. The molecule has 7 heteroatoms. The zero-order chi connectivity index (χ0) is 17.9. The number of hydrogen-bond acceptors (Lipinski definition) is 4. The van der Waals surface area contributed by atoms with Gasteiger partial charge in [-0.25, -0.2) is 4.98 Å². The van der Waals surface area contributed by atoms with E-state index in [4.69, 9.17) is 20.8 Å². The molecule has 1 N–H and O–H groups in total. The van der Waals surface area contributed by atoms with Crippen LogP contribution in [0.25, 0.3) is 17.1 Å². The van der Waals surface area contributed by atoms with E-state index in [-0.39, 0.29) is 12.5 Å². The number of fused-ring (bicyclic) bond motifs is 1. The number of hydrogen-bond donors (Lipinski definition) is 1. The number of halogens is 1. The number of nitrogens with one attached hydrogen (secondary N) is 1. The minimum absolute atomic E-state index is 0.140. The molecule has 6 nitrogen and oxygen atoms in total. The molecule has 1 aromatic carbocycles. The number of furan rings is 1. The number of anilines is 1. The van der Waals surface area contributed by atoms with Crippen LogP contribution in [-0.4, -0.2) is 21.9 Å². The number of ether oxygens (including phenoxy) is 1. The van der Waals surface area contributed by atoms with Crippen LogP contribution in [0.15, 0.2) is 71.5 Å². The molecule has 0 aliphatic heterocycles. The van der Waals surface area contributed by atoms with Gasteiger partial charge in [-0.2, -0.15) is 0 Å². The van der Waals surface area contributed by atoms with E-state index in [1.54, 1.807) is 47.1 Å². The van der Waals surface area contributed by atoms with Crippen LogP contribution in [0.5, 0.6) is 5.75 Å². The Bertz CT molecular complexity index is 1040. The van der Waals surface area contributed by atoms with Crippen molar-refractivity contribution in [2.75, 3.05) is 11.9 Å². The molecule has 0 aliphatic carbocycles. The lowest BCUT2D eigenvalue weighted by molar-refractivity contribution is -0.118. The summed E-state index contributed by atoms with van der Waals surface area (Å²) in [6.45, 7) is -0.140. The molecular weight excluding hydrogens is 354 g/mol. The Labute approximate surface area is 154 Å². The number of aromatic nitrogens is 2. The van der Waals surface area contributed by atoms with Crippen molar-refractivity contribution < 1.29 is 13.9 Å². The van der Waals surface area contributed by atoms with E-state index in [9.17, 15) is 4.79 Å². The van der Waals surface area contributed by atoms with E-state index in [0.29, 0.717) is 33.7 Å². The van der Waals surface area contributed by atoms with Gasteiger partial charge in [0.25, 0.3) is 5.91 Å². The maximum absolute atomic E-state index is 12.4. The predicted octanol–water partition coefficient (Wildman–Crippen LogP) is 4.27. The van der Waals surface area contributed by atoms with Crippen molar-refractivity contribution in [2.24, 2.45) is 0 Å². The highest BCUT2D eigenvalue weighted by atomic mass is 35.5. The predicted molar refractivity (Wildman–Crippen MR) is 98.5 cm³/mol. The SMILES string of the molecule is O=C(COc1ccc(Cl)cc1)Nc1c(-c2ccco2)nc2ccccn12. The maximum Gasteiger partial charge on any atom is 0.263 e. The van der Waals surface area contributed by atoms with Gasteiger partial charge < -0.3 is 14.5 Å². The molecule has 26 heavy (non-hydrogen) atoms. The fourth-order valence-electron chi connectivity index (χ4n) is 2.55. The number of pyridine rings is 1. The number of carbonyl (C=O) groups excluding carboxylic acids is 1. The van der Waals surface area contributed by atoms with Crippen molar-refractivity contribution >= 4 is 29.0 Å². The first-order valence-electron chi connectivity index (χ1n) is 7.90. The number of nitrogens with zero attached hydrogens (tertiary/aromatic N) is 2. The highest BCUT2D eigenvalue weighted by Crippen LogP contribution is 2.29. The van der Waals surface area contributed by atoms with Crippen LogP contribution in [-0.2, 0) is 4.79 Å². The highest BCUT2D eigenvalue weighted by molar-refractivity contribution is 6.30. The smallest absolute Gasteiger partial charge is 0.263 e. The molecule has 0 unspecified atom stereocenters. The molecule has 130 valence electrons. The van der Waals surface area contributed by atoms with Crippen molar-refractivity contribution in [1.82, 2.24) is 9.38 Å². The van der Waals surface area contributed by atoms with Gasteiger partial charge in [0.05, 0.1) is 6.26 Å². The summed E-state index contributed by atoms with van der Waals surface area (Å²) in [6.07, 6.45) is 3.39. The van der Waals surface area contributed by atoms with Crippen LogP contribution >= 0.6 is 11.6 Å². The quantitative estimate of drug-likeness (QED) is 0.572. The standard InChI is InChI=1S/C19H14ClN3O3/c20-13-6-8-14(9-7-13)26-12-17(24)22-19-18(15-4-3-11-25-15)21-16-5-1-2-10-23(16)19/h1-11H,12H2,(H,22,24). The summed E-state index contributed by atoms with van der Waals surface area (Å²) in [4.78, 5) is 16.9. The first-order valence-corrected chi connectivity index (χ1v) is 8.28. The molecule has 0 atom stereocenters. The van der Waals surface area contributed by atoms with Crippen molar-refractivity contribution in [3.8, 4) is 17.2 Å². The second-order valence-corrected chi connectivity index (χ2v) is 5.94. The van der Waals surface area contributed by atoms with Gasteiger partial charge in [0.2, 0.25) is 0 Å². The molecule has 0 saturated heterocycles. The third kappa shape index (κ3) is 3.27. The lowest BCUT2D eigenvalue weighted by atomic mass is 10.3. The van der Waals surface area contributed by atoms with Crippen LogP contribution in [0.4, 0.5) is 5.82 Å². The molecular formula is C19H14ClN3O3. The molecule has 0 spiro atoms. The van der Waals surface area contributed by atoms with Crippen molar-refractivity contribution in [3.05, 3.63) is 72.1 Å². The third-order valence-corrected chi connectivity index (χ3v) is 3.98. The number of benzene rings is 1. The van der Waals surface area contributed by atoms with Gasteiger partial charge in [0.1, 0.15) is 22.9 Å². The van der Waals surface area contributed by atoms with Crippen LogP contribution in [0, 0.1) is 0 Å². The summed E-state index contributed by atoms with van der Waals surface area (Å²) in [5.74, 6) is 1.36. The summed E-state index contributed by atoms with van der Waals surface area (Å²) in [5.41, 5.74) is 1.26. The first-order chi connectivity index (χ1) is 12.7. The Morgan fingerprint density at radius 2 is 2.00 bits per heavy atom. The molecule has 3 heterocycles. The summed E-state index contributed by atoms with van der Waals surface area (Å²) >= 11 is 5.84. The lowest BCUT2D eigenvalue weighted by Crippen LogP contribution is -2.21. The molecule has 0 bridgehead atoms. The summed E-state index contributed by atoms with van der Waals surface area (Å²) in [7, 11) is 0. The zero-order valence-corrected chi connectivity index (χ0v) is 14.3. The van der Waals surface area contributed by atoms with Crippen LogP contribution in [0.1, 0.15) is 0 Å². The average molecular weight is 368 g/mol. The molecule has 4 aromatic rings. The van der Waals surface area contributed by atoms with Gasteiger partial charge in [-0.05, 0) is 48.5 Å². The normalized spacial score (nSPS) is 10.8. The monoisotopic (exact) mass is 367 g/mol. The first kappa shape index (κ1) is 16.2. The fraction of sp³-hybridized carbons (Fsp3) is 0.0526. The third-order valence-electron chi connectivity index (χ3n) is 3.73. The second-order valence-electron chi connectivity index (χ2n) is 5.51. The minimum Gasteiger partial charge on any atom is -0.484 e. The number of imidazole rings is 1. The zero-order valence-electron chi connectivity index (χ0n) is 13.6. The molecule has 0 saturated carbocycles.